The van der Waals surface area contributed by atoms with Crippen molar-refractivity contribution in [3.63, 3.8) is 0 Å². The molecule has 72 valence electrons. The molecule has 0 N–H and O–H groups in total. The SMILES string of the molecule is CSc1cnc(C(F)(F)F)cc1I. The van der Waals surface area contributed by atoms with Crippen molar-refractivity contribution in [1.29, 1.82) is 0 Å². The molecule has 1 aromatic rings. The molecule has 0 spiro atoms. The van der Waals surface area contributed by atoms with Crippen LogP contribution >= 0.6 is 34.4 Å². The lowest BCUT2D eigenvalue weighted by Gasteiger charge is -2.07. The molecule has 0 aliphatic carbocycles. The first-order valence-corrected chi connectivity index (χ1v) is 5.52. The molecular weight excluding hydrogens is 314 g/mol. The highest BCUT2D eigenvalue weighted by Gasteiger charge is 2.32. The molecule has 13 heavy (non-hydrogen) atoms. The van der Waals surface area contributed by atoms with E-state index in [1.807, 2.05) is 22.6 Å². The monoisotopic (exact) mass is 319 g/mol. The molecule has 0 aromatic carbocycles. The second-order valence-electron chi connectivity index (χ2n) is 2.20. The standard InChI is InChI=1S/C7H5F3INS/c1-13-5-3-12-6(2-4(5)11)7(8,9)10/h2-3H,1H3. The van der Waals surface area contributed by atoms with Crippen LogP contribution in [0.4, 0.5) is 13.2 Å². The van der Waals surface area contributed by atoms with Crippen LogP contribution < -0.4 is 0 Å². The summed E-state index contributed by atoms with van der Waals surface area (Å²) in [5.74, 6) is 0. The van der Waals surface area contributed by atoms with Crippen LogP contribution in [0, 0.1) is 3.57 Å². The molecule has 1 rings (SSSR count). The minimum Gasteiger partial charge on any atom is -0.251 e. The molecule has 0 saturated carbocycles. The van der Waals surface area contributed by atoms with E-state index in [4.69, 9.17) is 0 Å². The van der Waals surface area contributed by atoms with E-state index in [9.17, 15) is 13.2 Å². The summed E-state index contributed by atoms with van der Waals surface area (Å²) in [6, 6.07) is 1.05. The Kier molecular flexibility index (Phi) is 3.44. The third-order valence-corrected chi connectivity index (χ3v) is 3.35. The molecule has 0 radical (unpaired) electrons. The van der Waals surface area contributed by atoms with E-state index < -0.39 is 11.9 Å². The predicted molar refractivity (Wildman–Crippen MR) is 53.7 cm³/mol. The van der Waals surface area contributed by atoms with Crippen molar-refractivity contribution in [2.75, 3.05) is 6.26 Å². The molecule has 1 aromatic heterocycles. The van der Waals surface area contributed by atoms with Gasteiger partial charge in [-0.05, 0) is 34.9 Å². The summed E-state index contributed by atoms with van der Waals surface area (Å²) >= 11 is 3.24. The maximum atomic E-state index is 12.1. The quantitative estimate of drug-likeness (QED) is 0.581. The van der Waals surface area contributed by atoms with E-state index in [1.54, 1.807) is 6.26 Å². The molecule has 0 unspecified atom stereocenters. The molecular formula is C7H5F3INS. The Hall–Kier alpha value is 0.0200. The van der Waals surface area contributed by atoms with Gasteiger partial charge < -0.3 is 0 Å². The van der Waals surface area contributed by atoms with Gasteiger partial charge in [-0.3, -0.25) is 4.98 Å². The van der Waals surface area contributed by atoms with Gasteiger partial charge >= 0.3 is 6.18 Å². The normalized spacial score (nSPS) is 11.8. The number of halogens is 4. The molecule has 6 heteroatoms. The number of hydrogen-bond donors (Lipinski definition) is 0. The van der Waals surface area contributed by atoms with Gasteiger partial charge in [0.05, 0.1) is 0 Å². The van der Waals surface area contributed by atoms with Crippen molar-refractivity contribution in [3.8, 4) is 0 Å². The van der Waals surface area contributed by atoms with Crippen molar-refractivity contribution in [3.05, 3.63) is 21.5 Å². The lowest BCUT2D eigenvalue weighted by molar-refractivity contribution is -0.141. The second-order valence-corrected chi connectivity index (χ2v) is 4.21. The van der Waals surface area contributed by atoms with Crippen LogP contribution in [0.1, 0.15) is 5.69 Å². The van der Waals surface area contributed by atoms with E-state index in [-0.39, 0.29) is 0 Å². The van der Waals surface area contributed by atoms with Crippen molar-refractivity contribution >= 4 is 34.4 Å². The zero-order chi connectivity index (χ0) is 10.1. The largest absolute Gasteiger partial charge is 0.433 e. The van der Waals surface area contributed by atoms with Gasteiger partial charge in [0.2, 0.25) is 0 Å². The van der Waals surface area contributed by atoms with Gasteiger partial charge in [-0.25, -0.2) is 0 Å². The van der Waals surface area contributed by atoms with Crippen LogP contribution in [-0.4, -0.2) is 11.2 Å². The number of pyridine rings is 1. The van der Waals surface area contributed by atoms with Crippen LogP contribution in [0.2, 0.25) is 0 Å². The molecule has 0 aliphatic heterocycles. The molecule has 0 aliphatic rings. The van der Waals surface area contributed by atoms with E-state index >= 15 is 0 Å². The Morgan fingerprint density at radius 1 is 1.46 bits per heavy atom. The molecule has 0 amide bonds. The molecule has 1 nitrogen and oxygen atoms in total. The number of rotatable bonds is 1. The second kappa shape index (κ2) is 4.04. The summed E-state index contributed by atoms with van der Waals surface area (Å²) in [7, 11) is 0. The molecule has 0 fully saturated rings. The molecule has 0 atom stereocenters. The summed E-state index contributed by atoms with van der Waals surface area (Å²) in [6.07, 6.45) is -1.31. The van der Waals surface area contributed by atoms with Crippen LogP contribution in [-0.2, 0) is 6.18 Å². The fourth-order valence-electron chi connectivity index (χ4n) is 0.723. The van der Waals surface area contributed by atoms with Gasteiger partial charge in [0.1, 0.15) is 5.69 Å². The first kappa shape index (κ1) is 11.1. The van der Waals surface area contributed by atoms with Gasteiger partial charge in [-0.1, -0.05) is 0 Å². The minimum atomic E-state index is -4.35. The highest BCUT2D eigenvalue weighted by Crippen LogP contribution is 2.30. The summed E-state index contributed by atoms with van der Waals surface area (Å²) in [4.78, 5) is 4.09. The Morgan fingerprint density at radius 2 is 2.08 bits per heavy atom. The zero-order valence-corrected chi connectivity index (χ0v) is 9.50. The maximum Gasteiger partial charge on any atom is 0.433 e. The van der Waals surface area contributed by atoms with Crippen LogP contribution in [0.3, 0.4) is 0 Å². The lowest BCUT2D eigenvalue weighted by atomic mass is 10.3. The molecule has 0 saturated heterocycles. The summed E-state index contributed by atoms with van der Waals surface area (Å²) in [6.45, 7) is 0. The van der Waals surface area contributed by atoms with Crippen LogP contribution in [0.25, 0.3) is 0 Å². The van der Waals surface area contributed by atoms with Gasteiger partial charge in [0, 0.05) is 14.7 Å². The van der Waals surface area contributed by atoms with Gasteiger partial charge in [0.25, 0.3) is 0 Å². The van der Waals surface area contributed by atoms with E-state index in [0.29, 0.717) is 3.57 Å². The number of aromatic nitrogens is 1. The summed E-state index contributed by atoms with van der Waals surface area (Å²) in [5, 5.41) is 0. The number of thioether (sulfide) groups is 1. The van der Waals surface area contributed by atoms with E-state index in [1.165, 1.54) is 18.0 Å². The predicted octanol–water partition coefficient (Wildman–Crippen LogP) is 3.43. The number of alkyl halides is 3. The number of hydrogen-bond acceptors (Lipinski definition) is 2. The Bertz CT molecular complexity index is 313. The van der Waals surface area contributed by atoms with Crippen molar-refractivity contribution in [2.45, 2.75) is 11.1 Å². The van der Waals surface area contributed by atoms with Crippen molar-refractivity contribution in [1.82, 2.24) is 4.98 Å². The highest BCUT2D eigenvalue weighted by molar-refractivity contribution is 14.1. The van der Waals surface area contributed by atoms with Gasteiger partial charge in [-0.2, -0.15) is 13.2 Å². The minimum absolute atomic E-state index is 0.576. The lowest BCUT2D eigenvalue weighted by Crippen LogP contribution is -2.08. The topological polar surface area (TPSA) is 12.9 Å². The fraction of sp³-hybridized carbons (Fsp3) is 0.286. The van der Waals surface area contributed by atoms with Crippen LogP contribution in [0.5, 0.6) is 0 Å². The Balaban J connectivity index is 3.10. The van der Waals surface area contributed by atoms with E-state index in [2.05, 4.69) is 4.98 Å². The molecule has 0 bridgehead atoms. The van der Waals surface area contributed by atoms with Gasteiger partial charge in [-0.15, -0.1) is 11.8 Å². The molecule has 1 heterocycles. The zero-order valence-electron chi connectivity index (χ0n) is 6.52. The highest BCUT2D eigenvalue weighted by atomic mass is 127. The van der Waals surface area contributed by atoms with E-state index in [0.717, 1.165) is 11.0 Å². The maximum absolute atomic E-state index is 12.1. The summed E-state index contributed by atoms with van der Waals surface area (Å²) in [5.41, 5.74) is -0.838. The third kappa shape index (κ3) is 2.73. The van der Waals surface area contributed by atoms with Crippen LogP contribution in [0.15, 0.2) is 17.2 Å². The first-order chi connectivity index (χ1) is 5.95. The third-order valence-electron chi connectivity index (χ3n) is 1.33. The van der Waals surface area contributed by atoms with Crippen molar-refractivity contribution in [2.24, 2.45) is 0 Å². The number of nitrogens with zero attached hydrogens (tertiary/aromatic N) is 1. The average molecular weight is 319 g/mol. The summed E-state index contributed by atoms with van der Waals surface area (Å²) < 4.78 is 37.0. The Morgan fingerprint density at radius 3 is 2.46 bits per heavy atom. The first-order valence-electron chi connectivity index (χ1n) is 3.22. The average Bonchev–Trinajstić information content (AvgIpc) is 2.02. The Labute approximate surface area is 91.3 Å². The fourth-order valence-corrected chi connectivity index (χ4v) is 2.23. The smallest absolute Gasteiger partial charge is 0.251 e. The van der Waals surface area contributed by atoms with Crippen molar-refractivity contribution < 1.29 is 13.2 Å². The van der Waals surface area contributed by atoms with Gasteiger partial charge in [0.15, 0.2) is 0 Å².